The first-order chi connectivity index (χ1) is 3.30. The number of allylic oxidation sites excluding steroid dienone is 4. The van der Waals surface area contributed by atoms with Gasteiger partial charge in [0.25, 0.3) is 0 Å². The van der Waals surface area contributed by atoms with Crippen LogP contribution in [-0.4, -0.2) is 0 Å². The highest BCUT2D eigenvalue weighted by Gasteiger charge is 1.97. The summed E-state index contributed by atoms with van der Waals surface area (Å²) in [4.78, 5) is 0. The zero-order chi connectivity index (χ0) is 5.28. The van der Waals surface area contributed by atoms with Crippen molar-refractivity contribution >= 4 is 25.2 Å². The topological polar surface area (TPSA) is 0 Å². The van der Waals surface area contributed by atoms with E-state index in [0.29, 0.717) is 0 Å². The molecule has 1 atom stereocenters. The molecule has 0 N–H and O–H groups in total. The van der Waals surface area contributed by atoms with Crippen LogP contribution in [0.25, 0.3) is 0 Å². The van der Waals surface area contributed by atoms with Crippen molar-refractivity contribution in [1.82, 2.24) is 0 Å². The summed E-state index contributed by atoms with van der Waals surface area (Å²) >= 11 is 3.38. The summed E-state index contributed by atoms with van der Waals surface area (Å²) < 4.78 is 1.22. The van der Waals surface area contributed by atoms with E-state index in [0.717, 1.165) is 6.42 Å². The molecule has 0 aromatic heterocycles. The normalized spacial score (nSPS) is 19.1. The van der Waals surface area contributed by atoms with Gasteiger partial charge in [-0.15, -0.1) is 9.24 Å². The number of rotatable bonds is 0. The van der Waals surface area contributed by atoms with Crippen molar-refractivity contribution in [1.29, 1.82) is 0 Å². The lowest BCUT2D eigenvalue weighted by Gasteiger charge is -1.85. The van der Waals surface area contributed by atoms with Gasteiger partial charge in [0.2, 0.25) is 0 Å². The minimum atomic E-state index is 1.09. The molecule has 0 saturated heterocycles. The van der Waals surface area contributed by atoms with Gasteiger partial charge in [-0.3, -0.25) is 0 Å². The Balaban J connectivity index is 2.79. The molecule has 0 aromatic carbocycles. The van der Waals surface area contributed by atoms with Gasteiger partial charge in [0, 0.05) is 4.48 Å². The Morgan fingerprint density at radius 3 is 2.57 bits per heavy atom. The molecule has 0 bridgehead atoms. The van der Waals surface area contributed by atoms with Crippen LogP contribution < -0.4 is 0 Å². The smallest absolute Gasteiger partial charge is 0.0206 e. The molecule has 0 nitrogen and oxygen atoms in total. The van der Waals surface area contributed by atoms with E-state index in [1.807, 2.05) is 0 Å². The molecule has 0 amide bonds. The summed E-state index contributed by atoms with van der Waals surface area (Å²) in [5, 5.41) is 1.35. The van der Waals surface area contributed by atoms with Gasteiger partial charge in [0.05, 0.1) is 0 Å². The maximum Gasteiger partial charge on any atom is 0.0206 e. The highest BCUT2D eigenvalue weighted by atomic mass is 79.9. The molecule has 0 radical (unpaired) electrons. The predicted octanol–water partition coefficient (Wildman–Crippen LogP) is 2.43. The zero-order valence-corrected chi connectivity index (χ0v) is 6.56. The van der Waals surface area contributed by atoms with Gasteiger partial charge in [-0.2, -0.15) is 0 Å². The Labute approximate surface area is 54.0 Å². The number of hydrogen-bond acceptors (Lipinski definition) is 0. The van der Waals surface area contributed by atoms with Gasteiger partial charge < -0.3 is 0 Å². The molecule has 1 aliphatic rings. The summed E-state index contributed by atoms with van der Waals surface area (Å²) in [5.41, 5.74) is 0. The first-order valence-electron chi connectivity index (χ1n) is 2.11. The maximum atomic E-state index is 3.38. The van der Waals surface area contributed by atoms with Crippen LogP contribution in [0.15, 0.2) is 21.9 Å². The molecule has 0 spiro atoms. The molecule has 0 saturated carbocycles. The Bertz CT molecular complexity index is 135. The van der Waals surface area contributed by atoms with Crippen molar-refractivity contribution in [3.05, 3.63) is 21.9 Å². The quantitative estimate of drug-likeness (QED) is 0.498. The van der Waals surface area contributed by atoms with Crippen LogP contribution in [0.1, 0.15) is 6.42 Å². The minimum absolute atomic E-state index is 1.09. The Kier molecular flexibility index (Phi) is 1.66. The molecule has 0 aromatic rings. The molecular formula is C5H6BrP. The lowest BCUT2D eigenvalue weighted by molar-refractivity contribution is 1.41. The molecular weight excluding hydrogens is 171 g/mol. The molecule has 38 valence electrons. The second-order valence-corrected chi connectivity index (χ2v) is 3.03. The Hall–Kier alpha value is 0.390. The van der Waals surface area contributed by atoms with Crippen LogP contribution in [0.4, 0.5) is 0 Å². The molecule has 1 aliphatic carbocycles. The monoisotopic (exact) mass is 176 g/mol. The van der Waals surface area contributed by atoms with Gasteiger partial charge in [0.15, 0.2) is 0 Å². The van der Waals surface area contributed by atoms with E-state index in [9.17, 15) is 0 Å². The second-order valence-electron chi connectivity index (χ2n) is 1.48. The van der Waals surface area contributed by atoms with Gasteiger partial charge in [-0.05, 0) is 11.7 Å². The van der Waals surface area contributed by atoms with Crippen molar-refractivity contribution in [3.63, 3.8) is 0 Å². The van der Waals surface area contributed by atoms with Crippen molar-refractivity contribution in [3.8, 4) is 0 Å². The number of hydrogen-bond donors (Lipinski definition) is 0. The predicted molar refractivity (Wildman–Crippen MR) is 39.4 cm³/mol. The first-order valence-corrected chi connectivity index (χ1v) is 3.48. The van der Waals surface area contributed by atoms with E-state index in [1.165, 1.54) is 9.80 Å². The SMILES string of the molecule is PC1=C(Br)C=CC1. The van der Waals surface area contributed by atoms with E-state index >= 15 is 0 Å². The van der Waals surface area contributed by atoms with Gasteiger partial charge >= 0.3 is 0 Å². The van der Waals surface area contributed by atoms with Gasteiger partial charge in [-0.1, -0.05) is 28.1 Å². The average Bonchev–Trinajstić information content (AvgIpc) is 1.91. The highest BCUT2D eigenvalue weighted by molar-refractivity contribution is 9.12. The second kappa shape index (κ2) is 2.11. The van der Waals surface area contributed by atoms with Crippen molar-refractivity contribution in [2.45, 2.75) is 6.42 Å². The van der Waals surface area contributed by atoms with Crippen LogP contribution >= 0.6 is 25.2 Å². The van der Waals surface area contributed by atoms with E-state index in [4.69, 9.17) is 0 Å². The number of halogens is 1. The average molecular weight is 177 g/mol. The molecule has 1 unspecified atom stereocenters. The fraction of sp³-hybridized carbons (Fsp3) is 0.200. The van der Waals surface area contributed by atoms with Gasteiger partial charge in [0.1, 0.15) is 0 Å². The fourth-order valence-electron chi connectivity index (χ4n) is 0.494. The summed E-state index contributed by atoms with van der Waals surface area (Å²) in [6.07, 6.45) is 5.29. The molecule has 1 rings (SSSR count). The van der Waals surface area contributed by atoms with Crippen LogP contribution in [-0.2, 0) is 0 Å². The molecule has 7 heavy (non-hydrogen) atoms. The third-order valence-corrected chi connectivity index (χ3v) is 2.65. The van der Waals surface area contributed by atoms with E-state index < -0.39 is 0 Å². The van der Waals surface area contributed by atoms with Crippen LogP contribution in [0.2, 0.25) is 0 Å². The third-order valence-electron chi connectivity index (χ3n) is 0.909. The Morgan fingerprint density at radius 1 is 1.71 bits per heavy atom. The van der Waals surface area contributed by atoms with Crippen LogP contribution in [0, 0.1) is 0 Å². The zero-order valence-electron chi connectivity index (χ0n) is 3.82. The summed E-state index contributed by atoms with van der Waals surface area (Å²) in [5.74, 6) is 0. The molecule has 0 fully saturated rings. The lowest BCUT2D eigenvalue weighted by atomic mass is 10.5. The van der Waals surface area contributed by atoms with E-state index in [-0.39, 0.29) is 0 Å². The summed E-state index contributed by atoms with van der Waals surface area (Å²) in [6.45, 7) is 0. The van der Waals surface area contributed by atoms with Crippen molar-refractivity contribution in [2.24, 2.45) is 0 Å². The minimum Gasteiger partial charge on any atom is -0.109 e. The highest BCUT2D eigenvalue weighted by Crippen LogP contribution is 2.27. The Morgan fingerprint density at radius 2 is 2.43 bits per heavy atom. The van der Waals surface area contributed by atoms with E-state index in [1.54, 1.807) is 0 Å². The molecule has 0 aliphatic heterocycles. The lowest BCUT2D eigenvalue weighted by Crippen LogP contribution is -1.57. The first kappa shape index (κ1) is 5.53. The van der Waals surface area contributed by atoms with Crippen LogP contribution in [0.3, 0.4) is 0 Å². The maximum absolute atomic E-state index is 3.38. The standard InChI is InChI=1S/C5H6BrP/c6-4-2-1-3-5(4)7/h1-2H,3,7H2. The summed E-state index contributed by atoms with van der Waals surface area (Å²) in [6, 6.07) is 0. The third kappa shape index (κ3) is 1.14. The summed E-state index contributed by atoms with van der Waals surface area (Å²) in [7, 11) is 2.68. The van der Waals surface area contributed by atoms with Crippen LogP contribution in [0.5, 0.6) is 0 Å². The van der Waals surface area contributed by atoms with Crippen molar-refractivity contribution < 1.29 is 0 Å². The molecule has 2 heteroatoms. The largest absolute Gasteiger partial charge is 0.109 e. The van der Waals surface area contributed by atoms with Gasteiger partial charge in [-0.25, -0.2) is 0 Å². The van der Waals surface area contributed by atoms with Crippen molar-refractivity contribution in [2.75, 3.05) is 0 Å². The van der Waals surface area contributed by atoms with E-state index in [2.05, 4.69) is 37.3 Å². The molecule has 0 heterocycles. The fourth-order valence-corrected chi connectivity index (χ4v) is 1.07.